The zero-order valence-corrected chi connectivity index (χ0v) is 22.0. The normalized spacial score (nSPS) is 13.8. The first-order chi connectivity index (χ1) is 17.5. The number of rotatable bonds is 8. The van der Waals surface area contributed by atoms with E-state index in [1.165, 1.54) is 11.6 Å². The Morgan fingerprint density at radius 1 is 1.11 bits per heavy atom. The number of piperidine rings is 1. The number of hydrogen-bond donors (Lipinski definition) is 3. The van der Waals surface area contributed by atoms with E-state index >= 15 is 0 Å². The molecule has 1 aliphatic rings. The molecule has 2 aromatic rings. The molecule has 1 saturated heterocycles. The average Bonchev–Trinajstić information content (AvgIpc) is 2.89. The van der Waals surface area contributed by atoms with Crippen molar-refractivity contribution in [2.24, 2.45) is 4.99 Å². The topological polar surface area (TPSA) is 77.0 Å². The summed E-state index contributed by atoms with van der Waals surface area (Å²) in [6, 6.07) is 16.7. The highest BCUT2D eigenvalue weighted by molar-refractivity contribution is 5.91. The van der Waals surface area contributed by atoms with E-state index in [9.17, 15) is 4.79 Å². The second-order valence-corrected chi connectivity index (χ2v) is 8.46. The molecule has 0 radical (unpaired) electrons. The molecule has 2 aromatic carbocycles. The highest BCUT2D eigenvalue weighted by atomic mass is 16.5. The van der Waals surface area contributed by atoms with Crippen molar-refractivity contribution in [3.8, 4) is 0 Å². The van der Waals surface area contributed by atoms with Crippen LogP contribution in [0.3, 0.4) is 0 Å². The van der Waals surface area contributed by atoms with Crippen molar-refractivity contribution in [2.45, 2.75) is 45.6 Å². The van der Waals surface area contributed by atoms with Gasteiger partial charge >= 0.3 is 0 Å². The van der Waals surface area contributed by atoms with Crippen LogP contribution in [0.2, 0.25) is 0 Å². The molecule has 3 rings (SSSR count). The summed E-state index contributed by atoms with van der Waals surface area (Å²) < 4.78 is 0. The van der Waals surface area contributed by atoms with Gasteiger partial charge in [-0.3, -0.25) is 15.0 Å². The van der Waals surface area contributed by atoms with E-state index in [1.807, 2.05) is 44.3 Å². The lowest BCUT2D eigenvalue weighted by Gasteiger charge is -2.30. The first kappa shape index (κ1) is 30.6. The largest absolute Gasteiger partial charge is 0.380 e. The summed E-state index contributed by atoms with van der Waals surface area (Å²) >= 11 is 0. The van der Waals surface area contributed by atoms with Crippen LogP contribution in [0.1, 0.15) is 44.2 Å². The van der Waals surface area contributed by atoms with Crippen LogP contribution < -0.4 is 10.8 Å². The Balaban J connectivity index is 0.000000982. The molecule has 0 spiro atoms. The summed E-state index contributed by atoms with van der Waals surface area (Å²) in [6.07, 6.45) is 12.4. The maximum absolute atomic E-state index is 11.3. The maximum atomic E-state index is 11.3. The van der Waals surface area contributed by atoms with Gasteiger partial charge < -0.3 is 10.2 Å². The van der Waals surface area contributed by atoms with Crippen molar-refractivity contribution in [2.75, 3.05) is 25.5 Å². The number of hydrogen-bond acceptors (Lipinski definition) is 5. The first-order valence-corrected chi connectivity index (χ1v) is 12.4. The number of amides is 1. The highest BCUT2D eigenvalue weighted by Crippen LogP contribution is 2.29. The Morgan fingerprint density at radius 2 is 1.75 bits per heavy atom. The van der Waals surface area contributed by atoms with Crippen molar-refractivity contribution < 1.29 is 10.0 Å². The van der Waals surface area contributed by atoms with E-state index in [1.54, 1.807) is 23.7 Å². The number of aryl methyl sites for hydroxylation is 1. The fourth-order valence-electron chi connectivity index (χ4n) is 3.50. The van der Waals surface area contributed by atoms with Gasteiger partial charge in [0.25, 0.3) is 5.91 Å². The maximum Gasteiger partial charge on any atom is 0.267 e. The third-order valence-corrected chi connectivity index (χ3v) is 5.27. The zero-order valence-electron chi connectivity index (χ0n) is 22.0. The summed E-state index contributed by atoms with van der Waals surface area (Å²) in [5.41, 5.74) is 5.61. The average molecular weight is 491 g/mol. The van der Waals surface area contributed by atoms with E-state index in [0.717, 1.165) is 55.7 Å². The number of hydroxylamine groups is 1. The summed E-state index contributed by atoms with van der Waals surface area (Å²) in [6.45, 7) is 12.7. The number of anilines is 1. The van der Waals surface area contributed by atoms with Gasteiger partial charge in [0, 0.05) is 18.3 Å². The monoisotopic (exact) mass is 490 g/mol. The van der Waals surface area contributed by atoms with Crippen LogP contribution in [0.5, 0.6) is 0 Å². The van der Waals surface area contributed by atoms with Crippen molar-refractivity contribution in [3.05, 3.63) is 91.0 Å². The predicted octanol–water partition coefficient (Wildman–Crippen LogP) is 6.43. The van der Waals surface area contributed by atoms with Gasteiger partial charge in [-0.25, -0.2) is 5.48 Å². The third-order valence-electron chi connectivity index (χ3n) is 5.27. The van der Waals surface area contributed by atoms with Crippen molar-refractivity contribution in [1.82, 2.24) is 10.4 Å². The second-order valence-electron chi connectivity index (χ2n) is 8.46. The van der Waals surface area contributed by atoms with Crippen molar-refractivity contribution in [1.29, 1.82) is 0 Å². The summed E-state index contributed by atoms with van der Waals surface area (Å²) in [4.78, 5) is 18.4. The summed E-state index contributed by atoms with van der Waals surface area (Å²) in [5, 5.41) is 12.3. The van der Waals surface area contributed by atoms with E-state index in [2.05, 4.69) is 54.7 Å². The predicted molar refractivity (Wildman–Crippen MR) is 154 cm³/mol. The molecule has 0 unspecified atom stereocenters. The fraction of sp³-hybridized carbons (Fsp3) is 0.333. The molecule has 0 bridgehead atoms. The minimum Gasteiger partial charge on any atom is -0.380 e. The number of nitrogens with zero attached hydrogens (tertiary/aromatic N) is 2. The lowest BCUT2D eigenvalue weighted by atomic mass is 10.0. The molecule has 36 heavy (non-hydrogen) atoms. The smallest absolute Gasteiger partial charge is 0.267 e. The molecular formula is C30H42N4O2. The number of benzene rings is 2. The standard InChI is InChI=1S/C24H30N4O2.2C3H6/c1-28-16-13-21(14-17-28)26-22-11-9-20(10-12-24(29)27-30)18-23(22)25-15-5-8-19-6-3-2-4-7-19;2*1-3-2/h2-4,6-7,9-12,15,18,21,26,30H,5,8,13-14,16-17H2,1H3,(H,27,29);2*3H,1H2,2H3/b12-10+,25-15?;;. The van der Waals surface area contributed by atoms with Gasteiger partial charge in [0.2, 0.25) is 0 Å². The minimum absolute atomic E-state index is 0.432. The van der Waals surface area contributed by atoms with E-state index in [0.29, 0.717) is 6.04 Å². The Morgan fingerprint density at radius 3 is 2.36 bits per heavy atom. The lowest BCUT2D eigenvalue weighted by molar-refractivity contribution is -0.124. The number of aliphatic imine (C=N–C) groups is 1. The van der Waals surface area contributed by atoms with Gasteiger partial charge in [-0.2, -0.15) is 0 Å². The van der Waals surface area contributed by atoms with E-state index in [-0.39, 0.29) is 0 Å². The van der Waals surface area contributed by atoms with Gasteiger partial charge in [0.1, 0.15) is 0 Å². The lowest BCUT2D eigenvalue weighted by Crippen LogP contribution is -2.36. The van der Waals surface area contributed by atoms with Crippen LogP contribution in [-0.4, -0.2) is 48.4 Å². The molecule has 1 fully saturated rings. The molecule has 6 heteroatoms. The van der Waals surface area contributed by atoms with Crippen LogP contribution in [0, 0.1) is 0 Å². The Hall–Kier alpha value is -3.48. The minimum atomic E-state index is -0.559. The number of nitrogens with one attached hydrogen (secondary N) is 2. The Labute approximate surface area is 217 Å². The first-order valence-electron chi connectivity index (χ1n) is 12.4. The van der Waals surface area contributed by atoms with Gasteiger partial charge in [0.05, 0.1) is 11.4 Å². The van der Waals surface area contributed by atoms with Crippen LogP contribution in [0.25, 0.3) is 6.08 Å². The fourth-order valence-corrected chi connectivity index (χ4v) is 3.50. The van der Waals surface area contributed by atoms with Gasteiger partial charge in [-0.05, 0) is 89.0 Å². The van der Waals surface area contributed by atoms with E-state index in [4.69, 9.17) is 10.2 Å². The third kappa shape index (κ3) is 12.8. The molecule has 1 heterocycles. The molecule has 1 aliphatic heterocycles. The molecule has 194 valence electrons. The van der Waals surface area contributed by atoms with Crippen LogP contribution in [-0.2, 0) is 11.2 Å². The molecule has 0 aliphatic carbocycles. The van der Waals surface area contributed by atoms with Crippen LogP contribution >= 0.6 is 0 Å². The van der Waals surface area contributed by atoms with Crippen molar-refractivity contribution in [3.63, 3.8) is 0 Å². The van der Waals surface area contributed by atoms with Gasteiger partial charge in [-0.15, -0.1) is 13.2 Å². The number of carbonyl (C=O) groups excluding carboxylic acids is 1. The quantitative estimate of drug-likeness (QED) is 0.131. The zero-order chi connectivity index (χ0) is 26.6. The summed E-state index contributed by atoms with van der Waals surface area (Å²) in [7, 11) is 2.16. The Kier molecular flexibility index (Phi) is 16.0. The van der Waals surface area contributed by atoms with Crippen molar-refractivity contribution >= 4 is 29.6 Å². The second kappa shape index (κ2) is 18.8. The molecule has 6 nitrogen and oxygen atoms in total. The van der Waals surface area contributed by atoms with Gasteiger partial charge in [-0.1, -0.05) is 48.6 Å². The SMILES string of the molecule is C=CC.C=CC.CN1CCC(Nc2ccc(/C=C/C(=O)NO)cc2N=CCCc2ccccc2)CC1. The number of likely N-dealkylation sites (tertiary alicyclic amines) is 1. The highest BCUT2D eigenvalue weighted by Gasteiger charge is 2.17. The molecule has 0 aromatic heterocycles. The van der Waals surface area contributed by atoms with E-state index < -0.39 is 5.91 Å². The number of carbonyl (C=O) groups is 1. The molecule has 0 saturated carbocycles. The molecule has 0 atom stereocenters. The van der Waals surface area contributed by atoms with Gasteiger partial charge in [0.15, 0.2) is 0 Å². The number of allylic oxidation sites excluding steroid dienone is 2. The molecule has 1 amide bonds. The summed E-state index contributed by atoms with van der Waals surface area (Å²) in [5.74, 6) is -0.559. The molecule has 3 N–H and O–H groups in total. The Bertz CT molecular complexity index is 956. The van der Waals surface area contributed by atoms with Crippen LogP contribution in [0.15, 0.2) is 84.9 Å². The van der Waals surface area contributed by atoms with Crippen LogP contribution in [0.4, 0.5) is 11.4 Å². The molecular weight excluding hydrogens is 448 g/mol.